The lowest BCUT2D eigenvalue weighted by atomic mass is 10.2. The SMILES string of the molecule is C[n+]1ccccc1C(=O)Nc1ccc(O)cc1. The normalized spacial score (nSPS) is 9.94. The number of aromatic hydroxyl groups is 1. The zero-order valence-electron chi connectivity index (χ0n) is 9.42. The van der Waals surface area contributed by atoms with Gasteiger partial charge in [-0.25, -0.2) is 0 Å². The monoisotopic (exact) mass is 229 g/mol. The summed E-state index contributed by atoms with van der Waals surface area (Å²) in [5, 5.41) is 11.9. The first-order valence-electron chi connectivity index (χ1n) is 5.22. The summed E-state index contributed by atoms with van der Waals surface area (Å²) in [5.41, 5.74) is 1.22. The number of nitrogens with one attached hydrogen (secondary N) is 1. The Morgan fingerprint density at radius 1 is 1.18 bits per heavy atom. The van der Waals surface area contributed by atoms with E-state index < -0.39 is 0 Å². The van der Waals surface area contributed by atoms with Gasteiger partial charge in [-0.15, -0.1) is 0 Å². The Balaban J connectivity index is 2.17. The first-order chi connectivity index (χ1) is 8.16. The number of rotatable bonds is 2. The standard InChI is InChI=1S/C13H12N2O2/c1-15-9-3-2-4-12(15)13(17)14-10-5-7-11(16)8-6-10/h2-9,17H,1H3/p+1. The van der Waals surface area contributed by atoms with Crippen LogP contribution in [0.5, 0.6) is 5.75 Å². The summed E-state index contributed by atoms with van der Waals surface area (Å²) in [7, 11) is 1.81. The van der Waals surface area contributed by atoms with Gasteiger partial charge in [-0.2, -0.15) is 4.57 Å². The van der Waals surface area contributed by atoms with Gasteiger partial charge in [-0.3, -0.25) is 4.79 Å². The molecule has 4 nitrogen and oxygen atoms in total. The molecule has 0 radical (unpaired) electrons. The molecule has 1 aromatic carbocycles. The van der Waals surface area contributed by atoms with Crippen molar-refractivity contribution in [2.45, 2.75) is 0 Å². The molecule has 0 aliphatic carbocycles. The van der Waals surface area contributed by atoms with Gasteiger partial charge in [0.1, 0.15) is 12.8 Å². The van der Waals surface area contributed by atoms with Gasteiger partial charge in [-0.1, -0.05) is 0 Å². The summed E-state index contributed by atoms with van der Waals surface area (Å²) >= 11 is 0. The highest BCUT2D eigenvalue weighted by Crippen LogP contribution is 2.14. The molecule has 4 heteroatoms. The molecule has 0 saturated heterocycles. The molecule has 2 aromatic rings. The smallest absolute Gasteiger partial charge is 0.320 e. The number of carbonyl (C=O) groups is 1. The molecule has 0 aliphatic rings. The molecule has 0 unspecified atom stereocenters. The van der Waals surface area contributed by atoms with Crippen molar-refractivity contribution >= 4 is 11.6 Å². The van der Waals surface area contributed by atoms with Crippen molar-refractivity contribution in [3.05, 3.63) is 54.4 Å². The van der Waals surface area contributed by atoms with E-state index in [1.807, 2.05) is 25.4 Å². The van der Waals surface area contributed by atoms with Crippen molar-refractivity contribution in [2.75, 3.05) is 5.32 Å². The van der Waals surface area contributed by atoms with Gasteiger partial charge in [0.15, 0.2) is 6.20 Å². The highest BCUT2D eigenvalue weighted by Gasteiger charge is 2.15. The number of benzene rings is 1. The highest BCUT2D eigenvalue weighted by molar-refractivity contribution is 6.01. The molecular weight excluding hydrogens is 216 g/mol. The molecule has 0 atom stereocenters. The zero-order chi connectivity index (χ0) is 12.3. The first-order valence-corrected chi connectivity index (χ1v) is 5.22. The minimum absolute atomic E-state index is 0.174. The van der Waals surface area contributed by atoms with Crippen molar-refractivity contribution < 1.29 is 14.5 Å². The highest BCUT2D eigenvalue weighted by atomic mass is 16.3. The van der Waals surface area contributed by atoms with E-state index in [1.54, 1.807) is 22.8 Å². The Morgan fingerprint density at radius 3 is 2.53 bits per heavy atom. The molecule has 1 heterocycles. The minimum atomic E-state index is -0.182. The minimum Gasteiger partial charge on any atom is -0.508 e. The van der Waals surface area contributed by atoms with Crippen molar-refractivity contribution in [1.29, 1.82) is 0 Å². The number of hydrogen-bond donors (Lipinski definition) is 2. The van der Waals surface area contributed by atoms with Crippen LogP contribution < -0.4 is 9.88 Å². The fraction of sp³-hybridized carbons (Fsp3) is 0.0769. The van der Waals surface area contributed by atoms with Gasteiger partial charge in [0.05, 0.1) is 0 Å². The average Bonchev–Trinajstić information content (AvgIpc) is 2.32. The van der Waals surface area contributed by atoms with Gasteiger partial charge < -0.3 is 10.4 Å². The van der Waals surface area contributed by atoms with Crippen LogP contribution >= 0.6 is 0 Å². The molecule has 0 spiro atoms. The van der Waals surface area contributed by atoms with Crippen LogP contribution in [0.2, 0.25) is 0 Å². The third kappa shape index (κ3) is 2.60. The second-order valence-electron chi connectivity index (χ2n) is 3.70. The number of aromatic nitrogens is 1. The predicted octanol–water partition coefficient (Wildman–Crippen LogP) is 1.47. The lowest BCUT2D eigenvalue weighted by Crippen LogP contribution is -2.37. The number of amides is 1. The number of hydrogen-bond acceptors (Lipinski definition) is 2. The molecule has 2 rings (SSSR count). The summed E-state index contributed by atoms with van der Waals surface area (Å²) in [6.07, 6.45) is 1.81. The summed E-state index contributed by atoms with van der Waals surface area (Å²) in [4.78, 5) is 11.9. The van der Waals surface area contributed by atoms with E-state index in [-0.39, 0.29) is 11.7 Å². The van der Waals surface area contributed by atoms with E-state index in [4.69, 9.17) is 5.11 Å². The Hall–Kier alpha value is -2.36. The topological polar surface area (TPSA) is 53.2 Å². The fourth-order valence-electron chi connectivity index (χ4n) is 1.50. The lowest BCUT2D eigenvalue weighted by Gasteiger charge is -2.03. The molecule has 0 saturated carbocycles. The quantitative estimate of drug-likeness (QED) is 0.605. The summed E-state index contributed by atoms with van der Waals surface area (Å²) in [6, 6.07) is 11.8. The Labute approximate surface area is 99.2 Å². The number of phenolic OH excluding ortho intramolecular Hbond substituents is 1. The maximum absolute atomic E-state index is 11.9. The van der Waals surface area contributed by atoms with E-state index in [0.717, 1.165) is 0 Å². The maximum atomic E-state index is 11.9. The van der Waals surface area contributed by atoms with Crippen LogP contribution in [0, 0.1) is 0 Å². The van der Waals surface area contributed by atoms with Crippen molar-refractivity contribution in [3.8, 4) is 5.75 Å². The number of phenols is 1. The van der Waals surface area contributed by atoms with Crippen LogP contribution in [0.4, 0.5) is 5.69 Å². The van der Waals surface area contributed by atoms with E-state index in [1.165, 1.54) is 12.1 Å². The molecule has 0 fully saturated rings. The van der Waals surface area contributed by atoms with E-state index in [9.17, 15) is 4.79 Å². The number of nitrogens with zero attached hydrogens (tertiary/aromatic N) is 1. The van der Waals surface area contributed by atoms with E-state index >= 15 is 0 Å². The molecule has 17 heavy (non-hydrogen) atoms. The Bertz CT molecular complexity index is 535. The van der Waals surface area contributed by atoms with Gasteiger partial charge >= 0.3 is 5.91 Å². The van der Waals surface area contributed by atoms with Crippen molar-refractivity contribution in [3.63, 3.8) is 0 Å². The molecular formula is C13H13N2O2+. The summed E-state index contributed by atoms with van der Waals surface area (Å²) in [6.45, 7) is 0. The van der Waals surface area contributed by atoms with E-state index in [2.05, 4.69) is 5.32 Å². The van der Waals surface area contributed by atoms with Crippen LogP contribution in [0.3, 0.4) is 0 Å². The van der Waals surface area contributed by atoms with Crippen LogP contribution in [-0.4, -0.2) is 11.0 Å². The summed E-state index contributed by atoms with van der Waals surface area (Å²) in [5.74, 6) is -0.00736. The van der Waals surface area contributed by atoms with Gasteiger partial charge in [0.2, 0.25) is 0 Å². The second kappa shape index (κ2) is 4.65. The number of carbonyl (C=O) groups excluding carboxylic acids is 1. The fourth-order valence-corrected chi connectivity index (χ4v) is 1.50. The van der Waals surface area contributed by atoms with Crippen LogP contribution in [0.15, 0.2) is 48.7 Å². The number of aryl methyl sites for hydroxylation is 1. The molecule has 0 bridgehead atoms. The lowest BCUT2D eigenvalue weighted by molar-refractivity contribution is -0.673. The van der Waals surface area contributed by atoms with Crippen LogP contribution in [0.1, 0.15) is 10.5 Å². The largest absolute Gasteiger partial charge is 0.508 e. The molecule has 2 N–H and O–H groups in total. The third-order valence-electron chi connectivity index (χ3n) is 2.41. The predicted molar refractivity (Wildman–Crippen MR) is 63.7 cm³/mol. The summed E-state index contributed by atoms with van der Waals surface area (Å²) < 4.78 is 1.75. The third-order valence-corrected chi connectivity index (χ3v) is 2.41. The zero-order valence-corrected chi connectivity index (χ0v) is 9.42. The average molecular weight is 229 g/mol. The Kier molecular flexibility index (Phi) is 3.05. The number of pyridine rings is 1. The van der Waals surface area contributed by atoms with Gasteiger partial charge in [-0.05, 0) is 30.3 Å². The maximum Gasteiger partial charge on any atom is 0.320 e. The Morgan fingerprint density at radius 2 is 1.88 bits per heavy atom. The molecule has 1 aromatic heterocycles. The first kappa shape index (κ1) is 11.1. The van der Waals surface area contributed by atoms with Crippen molar-refractivity contribution in [1.82, 2.24) is 0 Å². The molecule has 1 amide bonds. The molecule has 86 valence electrons. The van der Waals surface area contributed by atoms with Gasteiger partial charge in [0.25, 0.3) is 5.69 Å². The van der Waals surface area contributed by atoms with Crippen LogP contribution in [0.25, 0.3) is 0 Å². The van der Waals surface area contributed by atoms with Crippen LogP contribution in [-0.2, 0) is 7.05 Å². The van der Waals surface area contributed by atoms with Gasteiger partial charge in [0, 0.05) is 17.8 Å². The molecule has 0 aliphatic heterocycles. The number of anilines is 1. The second-order valence-corrected chi connectivity index (χ2v) is 3.70. The van der Waals surface area contributed by atoms with Crippen molar-refractivity contribution in [2.24, 2.45) is 7.05 Å². The van der Waals surface area contributed by atoms with E-state index in [0.29, 0.717) is 11.4 Å².